The highest BCUT2D eigenvalue weighted by Crippen LogP contribution is 2.51. The van der Waals surface area contributed by atoms with Crippen molar-refractivity contribution < 1.29 is 108 Å². The smallest absolute Gasteiger partial charge is 0.246 e. The number of phenolic OH excluding ortho intramolecular Hbond substituents is 3. The summed E-state index contributed by atoms with van der Waals surface area (Å²) in [5.41, 5.74) is 10.2. The van der Waals surface area contributed by atoms with Crippen molar-refractivity contribution in [3.63, 3.8) is 0 Å². The lowest BCUT2D eigenvalue weighted by Gasteiger charge is -2.47. The molecule has 5 amide bonds. The van der Waals surface area contributed by atoms with Crippen LogP contribution in [0.25, 0.3) is 11.1 Å². The summed E-state index contributed by atoms with van der Waals surface area (Å²) in [5, 5.41) is 125. The number of nitrogens with one attached hydrogen (secondary N) is 4. The van der Waals surface area contributed by atoms with Gasteiger partial charge in [0.2, 0.25) is 41.6 Å². The number of primary amides is 1. The van der Waals surface area contributed by atoms with E-state index in [0.717, 1.165) is 12.1 Å². The fraction of sp³-hybridized carbons (Fsp3) is 0.456. The standard InChI is InChI=1S/C68H78Cl2N6O22S/c1-26(2)12-27(3)63(89)76-55-57(85)31-8-11-46(39(70)15-31)95-48-17-32-16-47(60(48)98-67-61(59(87)58(86)49(25-78)96-67)97-52-23-68(5,72)62(88)28(4)93-52)94-45-10-7-30(14-38(45)69)56(84)37-20-43(81)34(21-50(99)54(32)75-65(91)40(22-51(71)83)73-66(55)92)29-6-9-42(80)36(13-29)53-35(18-33(79)19-44(53)82)41(24-77)74-64(37)90/h6-11,13-19,26-28,34,37,40-41,49,52,54-59,61-62,67,77-80,82,84-88H,12,20-25,72H2,1-5H3,(H2,71,83)(H,73,92)(H,74,90)(H,75,91)(H,76,89)/t27-,28+,34+,37+,40+,41-,49?,52+,54-,55-,56-,57-,58?,59+,61+,62-,67?,68?/m1/s1. The molecule has 28 nitrogen and oxygen atoms in total. The van der Waals surface area contributed by atoms with Gasteiger partial charge in [0.1, 0.15) is 71.0 Å². The number of thiocarbonyl (C=S) groups is 1. The van der Waals surface area contributed by atoms with Crippen LogP contribution in [-0.2, 0) is 43.0 Å². The van der Waals surface area contributed by atoms with Gasteiger partial charge in [-0.1, -0.05) is 74.4 Å². The number of carbonyl (C=O) groups excluding carboxylic acids is 6. The van der Waals surface area contributed by atoms with E-state index < -0.39 is 211 Å². The van der Waals surface area contributed by atoms with Crippen LogP contribution < -0.4 is 46.9 Å². The number of aliphatic hydroxyl groups is 7. The second kappa shape index (κ2) is 30.2. The van der Waals surface area contributed by atoms with E-state index in [1.165, 1.54) is 73.7 Å². The summed E-state index contributed by atoms with van der Waals surface area (Å²) in [7, 11) is 0. The number of nitrogens with two attached hydrogens (primary N) is 2. The van der Waals surface area contributed by atoms with Crippen LogP contribution >= 0.6 is 35.4 Å². The van der Waals surface area contributed by atoms with Crippen LogP contribution in [0.15, 0.2) is 78.9 Å². The van der Waals surface area contributed by atoms with E-state index in [4.69, 9.17) is 75.3 Å². The van der Waals surface area contributed by atoms with E-state index in [-0.39, 0.29) is 77.7 Å². The van der Waals surface area contributed by atoms with Gasteiger partial charge in [-0.05, 0) is 115 Å². The van der Waals surface area contributed by atoms with Gasteiger partial charge in [0, 0.05) is 52.3 Å². The van der Waals surface area contributed by atoms with Crippen LogP contribution in [0.2, 0.25) is 10.0 Å². The van der Waals surface area contributed by atoms with Crippen LogP contribution in [0, 0.1) is 17.8 Å². The molecule has 18 atom stereocenters. The Bertz CT molecular complexity index is 3960. The molecule has 99 heavy (non-hydrogen) atoms. The summed E-state index contributed by atoms with van der Waals surface area (Å²) in [6, 6.07) is 8.75. The minimum Gasteiger partial charge on any atom is -0.508 e. The van der Waals surface area contributed by atoms with Crippen molar-refractivity contribution in [2.45, 2.75) is 164 Å². The number of phenols is 3. The minimum absolute atomic E-state index is 0.00299. The summed E-state index contributed by atoms with van der Waals surface area (Å²) in [4.78, 5) is 87.6. The average molecular weight is 1430 g/mol. The highest BCUT2D eigenvalue weighted by Gasteiger charge is 2.51. The number of amides is 5. The molecule has 5 aromatic rings. The Morgan fingerprint density at radius 3 is 1.96 bits per heavy atom. The van der Waals surface area contributed by atoms with Crippen LogP contribution in [-0.4, -0.2) is 171 Å². The molecule has 7 aliphatic rings. The molecule has 0 radical (unpaired) electrons. The number of aromatic hydroxyl groups is 3. The average Bonchev–Trinajstić information content (AvgIpc) is 0.772. The number of halogens is 2. The van der Waals surface area contributed by atoms with Crippen LogP contribution in [0.4, 0.5) is 0 Å². The van der Waals surface area contributed by atoms with E-state index in [1.807, 2.05) is 13.8 Å². The lowest BCUT2D eigenvalue weighted by atomic mass is 9.80. The first-order chi connectivity index (χ1) is 46.7. The number of benzene rings is 5. The van der Waals surface area contributed by atoms with Crippen molar-refractivity contribution in [1.29, 1.82) is 0 Å². The van der Waals surface area contributed by atoms with E-state index in [2.05, 4.69) is 21.3 Å². The highest BCUT2D eigenvalue weighted by molar-refractivity contribution is 7.80. The van der Waals surface area contributed by atoms with E-state index in [1.54, 1.807) is 13.8 Å². The van der Waals surface area contributed by atoms with Gasteiger partial charge in [-0.3, -0.25) is 28.8 Å². The second-order valence-electron chi connectivity index (χ2n) is 26.3. The number of rotatable bonds is 12. The van der Waals surface area contributed by atoms with Crippen molar-refractivity contribution in [2.24, 2.45) is 29.2 Å². The number of hydrogen-bond donors (Lipinski definition) is 16. The molecule has 2 fully saturated rings. The molecular formula is C68H78Cl2N6O22S. The van der Waals surface area contributed by atoms with E-state index >= 15 is 9.59 Å². The number of ether oxygens (including phenoxy) is 6. The number of Topliss-reactive ketones (excluding diaryl/α,β-unsaturated/α-hetero) is 1. The van der Waals surface area contributed by atoms with Gasteiger partial charge in [-0.2, -0.15) is 0 Å². The van der Waals surface area contributed by atoms with Crippen molar-refractivity contribution in [3.8, 4) is 57.1 Å². The first kappa shape index (κ1) is 73.9. The molecular weight excluding hydrogens is 1360 g/mol. The van der Waals surface area contributed by atoms with Crippen LogP contribution in [0.3, 0.4) is 0 Å². The molecule has 4 unspecified atom stereocenters. The zero-order chi connectivity index (χ0) is 72.0. The molecule has 7 aliphatic heterocycles. The Morgan fingerprint density at radius 1 is 0.737 bits per heavy atom. The number of ketones is 1. The molecule has 0 saturated carbocycles. The summed E-state index contributed by atoms with van der Waals surface area (Å²) in [6.45, 7) is 6.59. The monoisotopic (exact) mass is 1430 g/mol. The van der Waals surface area contributed by atoms with Gasteiger partial charge in [-0.15, -0.1) is 0 Å². The lowest BCUT2D eigenvalue weighted by Crippen LogP contribution is -2.64. The first-order valence-electron chi connectivity index (χ1n) is 31.9. The fourth-order valence-electron chi connectivity index (χ4n) is 13.1. The molecule has 7 heterocycles. The zero-order valence-corrected chi connectivity index (χ0v) is 56.4. The van der Waals surface area contributed by atoms with Crippen molar-refractivity contribution in [2.75, 3.05) is 13.2 Å². The summed E-state index contributed by atoms with van der Waals surface area (Å²) >= 11 is 20.6. The third kappa shape index (κ3) is 15.9. The maximum absolute atomic E-state index is 15.6. The normalized spacial score (nSPS) is 30.0. The number of hydrogen-bond acceptors (Lipinski definition) is 24. The topological polar surface area (TPSA) is 460 Å². The Hall–Kier alpha value is -7.85. The number of carbonyl (C=O) groups is 6. The van der Waals surface area contributed by atoms with E-state index in [9.17, 15) is 70.2 Å². The molecule has 2 saturated heterocycles. The number of aliphatic hydroxyl groups excluding tert-OH is 7. The lowest BCUT2D eigenvalue weighted by molar-refractivity contribution is -0.333. The molecule has 31 heteroatoms. The molecule has 0 aromatic heterocycles. The first-order valence-corrected chi connectivity index (χ1v) is 33.0. The van der Waals surface area contributed by atoms with Crippen molar-refractivity contribution in [3.05, 3.63) is 117 Å². The fourth-order valence-corrected chi connectivity index (χ4v) is 13.9. The van der Waals surface area contributed by atoms with E-state index in [0.29, 0.717) is 6.42 Å². The molecule has 18 N–H and O–H groups in total. The predicted molar refractivity (Wildman–Crippen MR) is 355 cm³/mol. The molecule has 0 spiro atoms. The van der Waals surface area contributed by atoms with Crippen molar-refractivity contribution >= 4 is 75.6 Å². The zero-order valence-electron chi connectivity index (χ0n) is 54.0. The third-order valence-electron chi connectivity index (χ3n) is 18.3. The third-order valence-corrected chi connectivity index (χ3v) is 19.3. The Balaban J connectivity index is 1.23. The van der Waals surface area contributed by atoms with Gasteiger partial charge >= 0.3 is 0 Å². The Kier molecular flexibility index (Phi) is 22.5. The Labute approximate surface area is 582 Å². The van der Waals surface area contributed by atoms with Gasteiger partial charge in [0.15, 0.2) is 23.9 Å². The maximum atomic E-state index is 15.6. The van der Waals surface area contributed by atoms with Crippen molar-refractivity contribution in [1.82, 2.24) is 21.3 Å². The minimum atomic E-state index is -1.97. The summed E-state index contributed by atoms with van der Waals surface area (Å²) in [6.07, 6.45) is -18.8. The molecule has 11 bridgehead atoms. The summed E-state index contributed by atoms with van der Waals surface area (Å²) in [5.74, 6) is -13.7. The number of fused-ring (bicyclic) bond motifs is 15. The molecule has 12 rings (SSSR count). The molecule has 0 aliphatic carbocycles. The highest BCUT2D eigenvalue weighted by atomic mass is 35.5. The van der Waals surface area contributed by atoms with Crippen LogP contribution in [0.5, 0.6) is 46.0 Å². The predicted octanol–water partition coefficient (Wildman–Crippen LogP) is 3.84. The Morgan fingerprint density at radius 2 is 1.36 bits per heavy atom. The van der Waals surface area contributed by atoms with Gasteiger partial charge in [-0.25, -0.2) is 0 Å². The van der Waals surface area contributed by atoms with Gasteiger partial charge in [0.05, 0.1) is 66.0 Å². The van der Waals surface area contributed by atoms with Gasteiger partial charge < -0.3 is 112 Å². The summed E-state index contributed by atoms with van der Waals surface area (Å²) < 4.78 is 38.8. The maximum Gasteiger partial charge on any atom is 0.246 e. The largest absolute Gasteiger partial charge is 0.508 e. The molecule has 5 aromatic carbocycles. The van der Waals surface area contributed by atoms with Crippen LogP contribution in [0.1, 0.15) is 125 Å². The second-order valence-corrected chi connectivity index (χ2v) is 27.6. The quantitative estimate of drug-likeness (QED) is 0.0789. The van der Waals surface area contributed by atoms with Gasteiger partial charge in [0.25, 0.3) is 0 Å². The SMILES string of the molecule is CC(C)C[C@@H](C)C(=O)N[C@H]1C(=O)N[C@@H](CC(N)=O)C(=O)N[C@H]2C(=S)C[C@@H]3C(=O)C[C@H](C(=O)N[C@H](CO)c4cc(O)cc(O)c4-c4cc3ccc4O)[C@H](O)c3ccc(c(Cl)c3)Oc3cc2cc(c3OC2OC(CO)C(O)[C@H](O)[C@@H]2O[C@H]2CC(C)(N)[C@H](O)[C@H](C)O2)Oc2ccc(cc2Cl)[C@H]1O. The molecule has 532 valence electrons.